The Hall–Kier alpha value is -1.36. The highest BCUT2D eigenvalue weighted by atomic mass is 16.2. The van der Waals surface area contributed by atoms with Crippen LogP contribution in [0.4, 0.5) is 0 Å². The zero-order valence-electron chi connectivity index (χ0n) is 11.2. The molecule has 2 N–H and O–H groups in total. The summed E-state index contributed by atoms with van der Waals surface area (Å²) in [6.45, 7) is 3.14. The summed E-state index contributed by atoms with van der Waals surface area (Å²) in [6.07, 6.45) is 6.67. The van der Waals surface area contributed by atoms with Gasteiger partial charge in [0.2, 0.25) is 5.91 Å². The van der Waals surface area contributed by atoms with Crippen molar-refractivity contribution in [2.45, 2.75) is 38.8 Å². The van der Waals surface area contributed by atoms with E-state index in [1.807, 2.05) is 29.6 Å². The van der Waals surface area contributed by atoms with Crippen molar-refractivity contribution < 1.29 is 4.79 Å². The zero-order chi connectivity index (χ0) is 13.1. The fourth-order valence-electron chi connectivity index (χ4n) is 2.13. The summed E-state index contributed by atoms with van der Waals surface area (Å²) >= 11 is 0. The van der Waals surface area contributed by atoms with Crippen molar-refractivity contribution in [2.75, 3.05) is 6.54 Å². The fourth-order valence-corrected chi connectivity index (χ4v) is 2.13. The highest BCUT2D eigenvalue weighted by Gasteiger charge is 2.34. The molecule has 1 aromatic heterocycles. The Morgan fingerprint density at radius 2 is 2.39 bits per heavy atom. The molecule has 1 aliphatic carbocycles. The number of aryl methyl sites for hydroxylation is 1. The van der Waals surface area contributed by atoms with Gasteiger partial charge in [-0.1, -0.05) is 6.92 Å². The highest BCUT2D eigenvalue weighted by Crippen LogP contribution is 2.29. The van der Waals surface area contributed by atoms with Crippen LogP contribution in [0.1, 0.15) is 32.0 Å². The van der Waals surface area contributed by atoms with Crippen LogP contribution in [0.25, 0.3) is 0 Å². The molecule has 1 unspecified atom stereocenters. The molecule has 0 aliphatic heterocycles. The first-order valence-corrected chi connectivity index (χ1v) is 6.60. The molecule has 1 atom stereocenters. The number of rotatable bonds is 6. The molecular weight excluding hydrogens is 228 g/mol. The normalized spacial score (nSPS) is 16.6. The van der Waals surface area contributed by atoms with Crippen LogP contribution in [0.3, 0.4) is 0 Å². The van der Waals surface area contributed by atoms with Crippen LogP contribution in [-0.2, 0) is 18.4 Å². The molecule has 5 nitrogen and oxygen atoms in total. The number of carbonyl (C=O) groups is 1. The zero-order valence-corrected chi connectivity index (χ0v) is 11.2. The van der Waals surface area contributed by atoms with Gasteiger partial charge in [-0.25, -0.2) is 4.98 Å². The van der Waals surface area contributed by atoms with E-state index in [4.69, 9.17) is 5.73 Å². The second kappa shape index (κ2) is 5.52. The van der Waals surface area contributed by atoms with Crippen LogP contribution >= 0.6 is 0 Å². The fraction of sp³-hybridized carbons (Fsp3) is 0.692. The molecule has 5 heteroatoms. The molecular formula is C13H22N4O. The predicted molar refractivity (Wildman–Crippen MR) is 69.6 cm³/mol. The SMILES string of the molecule is CC(CCN)C(=O)N(Cc1nccn1C)C1CC1. The summed E-state index contributed by atoms with van der Waals surface area (Å²) in [4.78, 5) is 18.7. The largest absolute Gasteiger partial charge is 0.337 e. The summed E-state index contributed by atoms with van der Waals surface area (Å²) in [5.41, 5.74) is 5.53. The van der Waals surface area contributed by atoms with E-state index >= 15 is 0 Å². The quantitative estimate of drug-likeness (QED) is 0.815. The van der Waals surface area contributed by atoms with E-state index in [2.05, 4.69) is 4.98 Å². The monoisotopic (exact) mass is 250 g/mol. The standard InChI is InChI=1S/C13H22N4O/c1-10(5-6-14)13(18)17(11-3-4-11)9-12-15-7-8-16(12)2/h7-8,10-11H,3-6,9,14H2,1-2H3. The highest BCUT2D eigenvalue weighted by molar-refractivity contribution is 5.79. The molecule has 1 aliphatic rings. The Bertz CT molecular complexity index is 411. The number of nitrogens with two attached hydrogens (primary N) is 1. The van der Waals surface area contributed by atoms with Crippen molar-refractivity contribution in [1.82, 2.24) is 14.5 Å². The van der Waals surface area contributed by atoms with E-state index in [9.17, 15) is 4.79 Å². The van der Waals surface area contributed by atoms with Gasteiger partial charge in [0.05, 0.1) is 6.54 Å². The van der Waals surface area contributed by atoms with E-state index in [-0.39, 0.29) is 11.8 Å². The summed E-state index contributed by atoms with van der Waals surface area (Å²) < 4.78 is 1.97. The first-order valence-electron chi connectivity index (χ1n) is 6.60. The predicted octanol–water partition coefficient (Wildman–Crippen LogP) is 0.896. The molecule has 0 aromatic carbocycles. The van der Waals surface area contributed by atoms with Crippen molar-refractivity contribution in [2.24, 2.45) is 18.7 Å². The van der Waals surface area contributed by atoms with E-state index in [0.29, 0.717) is 19.1 Å². The second-order valence-electron chi connectivity index (χ2n) is 5.13. The molecule has 1 heterocycles. The molecule has 1 fully saturated rings. The van der Waals surface area contributed by atoms with Crippen molar-refractivity contribution >= 4 is 5.91 Å². The summed E-state index contributed by atoms with van der Waals surface area (Å²) in [5, 5.41) is 0. The lowest BCUT2D eigenvalue weighted by Gasteiger charge is -2.25. The lowest BCUT2D eigenvalue weighted by molar-refractivity contribution is -0.136. The third-order valence-corrected chi connectivity index (χ3v) is 3.52. The first-order chi connectivity index (χ1) is 8.63. The van der Waals surface area contributed by atoms with Gasteiger partial charge in [0.25, 0.3) is 0 Å². The Kier molecular flexibility index (Phi) is 4.01. The number of amides is 1. The molecule has 18 heavy (non-hydrogen) atoms. The van der Waals surface area contributed by atoms with E-state index in [1.165, 1.54) is 0 Å². The van der Waals surface area contributed by atoms with Crippen molar-refractivity contribution in [3.8, 4) is 0 Å². The molecule has 2 rings (SSSR count). The van der Waals surface area contributed by atoms with Crippen molar-refractivity contribution in [3.05, 3.63) is 18.2 Å². The van der Waals surface area contributed by atoms with Gasteiger partial charge in [0, 0.05) is 31.4 Å². The average Bonchev–Trinajstić information content (AvgIpc) is 3.10. The topological polar surface area (TPSA) is 64.2 Å². The van der Waals surface area contributed by atoms with Gasteiger partial charge in [-0.3, -0.25) is 4.79 Å². The summed E-state index contributed by atoms with van der Waals surface area (Å²) in [6, 6.07) is 0.412. The van der Waals surface area contributed by atoms with Gasteiger partial charge in [-0.15, -0.1) is 0 Å². The smallest absolute Gasteiger partial charge is 0.226 e. The number of imidazole rings is 1. The lowest BCUT2D eigenvalue weighted by atomic mass is 10.1. The Labute approximate surface area is 108 Å². The Morgan fingerprint density at radius 1 is 1.67 bits per heavy atom. The van der Waals surface area contributed by atoms with Crippen LogP contribution in [0.2, 0.25) is 0 Å². The first kappa shape index (κ1) is 13.1. The molecule has 0 bridgehead atoms. The van der Waals surface area contributed by atoms with E-state index in [1.54, 1.807) is 6.20 Å². The second-order valence-corrected chi connectivity index (χ2v) is 5.13. The average molecular weight is 250 g/mol. The molecule has 0 spiro atoms. The van der Waals surface area contributed by atoms with Gasteiger partial charge >= 0.3 is 0 Å². The maximum atomic E-state index is 12.4. The van der Waals surface area contributed by atoms with Crippen LogP contribution in [-0.4, -0.2) is 32.9 Å². The van der Waals surface area contributed by atoms with E-state index < -0.39 is 0 Å². The van der Waals surface area contributed by atoms with Crippen molar-refractivity contribution in [1.29, 1.82) is 0 Å². The van der Waals surface area contributed by atoms with Gasteiger partial charge in [0.1, 0.15) is 5.82 Å². The van der Waals surface area contributed by atoms with Crippen molar-refractivity contribution in [3.63, 3.8) is 0 Å². The van der Waals surface area contributed by atoms with Crippen LogP contribution in [0.15, 0.2) is 12.4 Å². The molecule has 0 radical (unpaired) electrons. The van der Waals surface area contributed by atoms with Gasteiger partial charge in [-0.05, 0) is 25.8 Å². The minimum absolute atomic E-state index is 0.0101. The maximum Gasteiger partial charge on any atom is 0.226 e. The third-order valence-electron chi connectivity index (χ3n) is 3.52. The number of aromatic nitrogens is 2. The van der Waals surface area contributed by atoms with Gasteiger partial charge in [-0.2, -0.15) is 0 Å². The van der Waals surface area contributed by atoms with Gasteiger partial charge < -0.3 is 15.2 Å². The molecule has 100 valence electrons. The Morgan fingerprint density at radius 3 is 2.89 bits per heavy atom. The number of nitrogens with zero attached hydrogens (tertiary/aromatic N) is 3. The third kappa shape index (κ3) is 2.90. The van der Waals surface area contributed by atoms with Crippen LogP contribution < -0.4 is 5.73 Å². The number of carbonyl (C=O) groups excluding carboxylic acids is 1. The number of hydrogen-bond acceptors (Lipinski definition) is 3. The van der Waals surface area contributed by atoms with Crippen LogP contribution in [0, 0.1) is 5.92 Å². The molecule has 1 saturated carbocycles. The summed E-state index contributed by atoms with van der Waals surface area (Å²) in [5.74, 6) is 1.16. The molecule has 0 saturated heterocycles. The molecule has 1 amide bonds. The minimum atomic E-state index is 0.0101. The molecule has 1 aromatic rings. The number of hydrogen-bond donors (Lipinski definition) is 1. The lowest BCUT2D eigenvalue weighted by Crippen LogP contribution is -2.37. The van der Waals surface area contributed by atoms with Gasteiger partial charge in [0.15, 0.2) is 0 Å². The van der Waals surface area contributed by atoms with E-state index in [0.717, 1.165) is 25.1 Å². The minimum Gasteiger partial charge on any atom is -0.337 e. The Balaban J connectivity index is 2.04. The van der Waals surface area contributed by atoms with Crippen LogP contribution in [0.5, 0.6) is 0 Å². The summed E-state index contributed by atoms with van der Waals surface area (Å²) in [7, 11) is 1.96. The maximum absolute atomic E-state index is 12.4.